The summed E-state index contributed by atoms with van der Waals surface area (Å²) >= 11 is 0. The number of rotatable bonds is 3. The second-order valence-corrected chi connectivity index (χ2v) is 4.20. The normalized spacial score (nSPS) is 12.0. The van der Waals surface area contributed by atoms with Crippen molar-refractivity contribution in [3.63, 3.8) is 0 Å². The predicted octanol–water partition coefficient (Wildman–Crippen LogP) is 3.01. The maximum atomic E-state index is 13.4. The van der Waals surface area contributed by atoms with Crippen LogP contribution in [-0.2, 0) is 6.61 Å². The third-order valence-corrected chi connectivity index (χ3v) is 2.92. The first-order valence-corrected chi connectivity index (χ1v) is 5.98. The van der Waals surface area contributed by atoms with Crippen molar-refractivity contribution in [3.8, 4) is 23.3 Å². The first-order valence-electron chi connectivity index (χ1n) is 5.98. The number of halogens is 1. The van der Waals surface area contributed by atoms with E-state index in [9.17, 15) is 4.39 Å². The Morgan fingerprint density at radius 3 is 2.90 bits per heavy atom. The lowest BCUT2D eigenvalue weighted by Gasteiger charge is -2.08. The van der Waals surface area contributed by atoms with Gasteiger partial charge in [-0.05, 0) is 29.8 Å². The fraction of sp³-hybridized carbons (Fsp3) is 0.133. The minimum absolute atomic E-state index is 0.0896. The Labute approximate surface area is 114 Å². The highest BCUT2D eigenvalue weighted by Crippen LogP contribution is 2.33. The number of ether oxygens (including phenoxy) is 3. The minimum Gasteiger partial charge on any atom is -0.487 e. The molecular formula is C15H10FNO3. The van der Waals surface area contributed by atoms with Crippen LogP contribution in [0.5, 0.6) is 17.2 Å². The molecule has 0 bridgehead atoms. The molecule has 20 heavy (non-hydrogen) atoms. The largest absolute Gasteiger partial charge is 0.487 e. The first-order chi connectivity index (χ1) is 9.78. The Balaban J connectivity index is 1.77. The molecule has 0 spiro atoms. The third-order valence-electron chi connectivity index (χ3n) is 2.92. The van der Waals surface area contributed by atoms with Crippen molar-refractivity contribution in [3.05, 3.63) is 53.3 Å². The van der Waals surface area contributed by atoms with E-state index in [0.717, 1.165) is 5.56 Å². The van der Waals surface area contributed by atoms with Gasteiger partial charge in [-0.3, -0.25) is 0 Å². The van der Waals surface area contributed by atoms with Gasteiger partial charge in [-0.1, -0.05) is 12.1 Å². The van der Waals surface area contributed by atoms with Crippen LogP contribution >= 0.6 is 0 Å². The highest BCUT2D eigenvalue weighted by atomic mass is 19.1. The lowest BCUT2D eigenvalue weighted by molar-refractivity contribution is 0.174. The van der Waals surface area contributed by atoms with Crippen LogP contribution in [-0.4, -0.2) is 6.79 Å². The van der Waals surface area contributed by atoms with Crippen LogP contribution in [0.25, 0.3) is 0 Å². The topological polar surface area (TPSA) is 51.5 Å². The van der Waals surface area contributed by atoms with E-state index in [1.54, 1.807) is 24.3 Å². The summed E-state index contributed by atoms with van der Waals surface area (Å²) in [4.78, 5) is 0. The van der Waals surface area contributed by atoms with E-state index in [0.29, 0.717) is 11.5 Å². The maximum Gasteiger partial charge on any atom is 0.231 e. The van der Waals surface area contributed by atoms with Gasteiger partial charge in [0.2, 0.25) is 6.79 Å². The average Bonchev–Trinajstić information content (AvgIpc) is 2.92. The summed E-state index contributed by atoms with van der Waals surface area (Å²) in [5.74, 6) is 0.990. The third kappa shape index (κ3) is 2.24. The molecule has 0 aliphatic carbocycles. The van der Waals surface area contributed by atoms with Crippen molar-refractivity contribution in [2.24, 2.45) is 0 Å². The van der Waals surface area contributed by atoms with Gasteiger partial charge in [0.25, 0.3) is 0 Å². The number of nitrogens with zero attached hydrogens (tertiary/aromatic N) is 1. The molecule has 1 aliphatic heterocycles. The molecule has 2 aromatic carbocycles. The van der Waals surface area contributed by atoms with Crippen LogP contribution in [0.2, 0.25) is 0 Å². The zero-order valence-corrected chi connectivity index (χ0v) is 10.4. The highest BCUT2D eigenvalue weighted by Gasteiger charge is 2.14. The Bertz CT molecular complexity index is 694. The van der Waals surface area contributed by atoms with Crippen LogP contribution in [0.15, 0.2) is 36.4 Å². The fourth-order valence-corrected chi connectivity index (χ4v) is 1.92. The molecule has 1 aliphatic rings. The summed E-state index contributed by atoms with van der Waals surface area (Å²) in [7, 11) is 0. The number of hydrogen-bond acceptors (Lipinski definition) is 4. The number of benzene rings is 2. The lowest BCUT2D eigenvalue weighted by Crippen LogP contribution is -1.98. The minimum atomic E-state index is -0.587. The van der Waals surface area contributed by atoms with Crippen LogP contribution in [0.3, 0.4) is 0 Å². The average molecular weight is 271 g/mol. The molecule has 0 unspecified atom stereocenters. The number of hydrogen-bond donors (Lipinski definition) is 0. The molecule has 0 N–H and O–H groups in total. The summed E-state index contributed by atoms with van der Waals surface area (Å²) in [5, 5.41) is 8.92. The number of fused-ring (bicyclic) bond motifs is 1. The van der Waals surface area contributed by atoms with Crippen LogP contribution < -0.4 is 14.2 Å². The zero-order valence-electron chi connectivity index (χ0n) is 10.4. The monoisotopic (exact) mass is 271 g/mol. The lowest BCUT2D eigenvalue weighted by atomic mass is 10.2. The first kappa shape index (κ1) is 12.3. The van der Waals surface area contributed by atoms with Crippen molar-refractivity contribution in [2.45, 2.75) is 6.61 Å². The summed E-state index contributed by atoms with van der Waals surface area (Å²) in [6.07, 6.45) is 0. The Kier molecular flexibility index (Phi) is 3.13. The van der Waals surface area contributed by atoms with E-state index < -0.39 is 5.82 Å². The van der Waals surface area contributed by atoms with Crippen LogP contribution in [0, 0.1) is 17.1 Å². The van der Waals surface area contributed by atoms with Gasteiger partial charge in [-0.25, -0.2) is 4.39 Å². The van der Waals surface area contributed by atoms with E-state index >= 15 is 0 Å². The molecule has 2 aromatic rings. The highest BCUT2D eigenvalue weighted by molar-refractivity contribution is 5.46. The quantitative estimate of drug-likeness (QED) is 0.861. The van der Waals surface area contributed by atoms with Gasteiger partial charge in [-0.2, -0.15) is 5.26 Å². The smallest absolute Gasteiger partial charge is 0.231 e. The molecule has 0 fully saturated rings. The molecule has 0 atom stereocenters. The van der Waals surface area contributed by atoms with Crippen LogP contribution in [0.1, 0.15) is 11.1 Å². The van der Waals surface area contributed by atoms with Crippen molar-refractivity contribution in [1.82, 2.24) is 0 Å². The van der Waals surface area contributed by atoms with E-state index in [1.807, 2.05) is 6.07 Å². The molecule has 5 heteroatoms. The molecule has 0 saturated heterocycles. The maximum absolute atomic E-state index is 13.4. The van der Waals surface area contributed by atoms with Gasteiger partial charge in [0.05, 0.1) is 0 Å². The van der Waals surface area contributed by atoms with E-state index in [4.69, 9.17) is 19.5 Å². The van der Waals surface area contributed by atoms with E-state index in [2.05, 4.69) is 0 Å². The molecule has 0 saturated carbocycles. The van der Waals surface area contributed by atoms with Gasteiger partial charge >= 0.3 is 0 Å². The van der Waals surface area contributed by atoms with Gasteiger partial charge < -0.3 is 14.2 Å². The van der Waals surface area contributed by atoms with Crippen molar-refractivity contribution in [1.29, 1.82) is 5.26 Å². The molecule has 0 amide bonds. The van der Waals surface area contributed by atoms with Crippen molar-refractivity contribution < 1.29 is 18.6 Å². The SMILES string of the molecule is N#Cc1c(F)cccc1OCc1ccc2c(c1)OCO2. The van der Waals surface area contributed by atoms with Crippen LogP contribution in [0.4, 0.5) is 4.39 Å². The molecule has 3 rings (SSSR count). The predicted molar refractivity (Wildman–Crippen MR) is 68.0 cm³/mol. The van der Waals surface area contributed by atoms with E-state index in [-0.39, 0.29) is 24.7 Å². The molecule has 0 aromatic heterocycles. The Morgan fingerprint density at radius 1 is 1.20 bits per heavy atom. The zero-order chi connectivity index (χ0) is 13.9. The summed E-state index contributed by atoms with van der Waals surface area (Å²) in [5.41, 5.74) is 0.760. The van der Waals surface area contributed by atoms with Gasteiger partial charge in [-0.15, -0.1) is 0 Å². The van der Waals surface area contributed by atoms with Gasteiger partial charge in [0.1, 0.15) is 29.8 Å². The summed E-state index contributed by atoms with van der Waals surface area (Å²) < 4.78 is 29.4. The molecular weight excluding hydrogens is 261 g/mol. The molecule has 4 nitrogen and oxygen atoms in total. The Hall–Kier alpha value is -2.74. The van der Waals surface area contributed by atoms with Crippen molar-refractivity contribution in [2.75, 3.05) is 6.79 Å². The molecule has 0 radical (unpaired) electrons. The standard InChI is InChI=1S/C15H10FNO3/c16-12-2-1-3-13(11(12)7-17)18-8-10-4-5-14-15(6-10)20-9-19-14/h1-6H,8-9H2. The van der Waals surface area contributed by atoms with Crippen molar-refractivity contribution >= 4 is 0 Å². The second-order valence-electron chi connectivity index (χ2n) is 4.20. The fourth-order valence-electron chi connectivity index (χ4n) is 1.92. The molecule has 100 valence electrons. The van der Waals surface area contributed by atoms with Gasteiger partial charge in [0.15, 0.2) is 11.5 Å². The van der Waals surface area contributed by atoms with Gasteiger partial charge in [0, 0.05) is 0 Å². The summed E-state index contributed by atoms with van der Waals surface area (Å²) in [6, 6.07) is 11.5. The van der Waals surface area contributed by atoms with E-state index in [1.165, 1.54) is 12.1 Å². The molecule has 1 heterocycles. The second kappa shape index (κ2) is 5.10. The number of nitriles is 1. The summed E-state index contributed by atoms with van der Waals surface area (Å²) in [6.45, 7) is 0.427. The Morgan fingerprint density at radius 2 is 2.05 bits per heavy atom.